The van der Waals surface area contributed by atoms with E-state index in [4.69, 9.17) is 10.5 Å². The fourth-order valence-electron chi connectivity index (χ4n) is 3.24. The maximum Gasteiger partial charge on any atom is 0.357 e. The molecule has 132 valence electrons. The number of nitrogens with one attached hydrogen (secondary N) is 1. The van der Waals surface area contributed by atoms with Crippen molar-refractivity contribution in [3.8, 4) is 11.8 Å². The number of hydrogen-bond acceptors (Lipinski definition) is 5. The third kappa shape index (κ3) is 2.35. The normalized spacial score (nSPS) is 10.8. The van der Waals surface area contributed by atoms with Crippen molar-refractivity contribution in [2.75, 3.05) is 12.8 Å². The van der Waals surface area contributed by atoms with E-state index in [0.29, 0.717) is 27.5 Å². The Morgan fingerprint density at radius 1 is 1.19 bits per heavy atom. The Bertz CT molecular complexity index is 1330. The van der Waals surface area contributed by atoms with Gasteiger partial charge in [-0.3, -0.25) is 4.79 Å². The molecule has 4 aromatic rings. The van der Waals surface area contributed by atoms with Crippen LogP contribution < -0.4 is 11.2 Å². The molecule has 4 rings (SSSR count). The van der Waals surface area contributed by atoms with Crippen LogP contribution in [0.4, 0.5) is 5.69 Å². The molecule has 0 spiro atoms. The van der Waals surface area contributed by atoms with Crippen LogP contribution in [-0.2, 0) is 4.74 Å². The van der Waals surface area contributed by atoms with Gasteiger partial charge in [0.2, 0.25) is 0 Å². The van der Waals surface area contributed by atoms with Crippen molar-refractivity contribution >= 4 is 33.5 Å². The number of aromatic nitrogens is 2. The molecule has 2 aromatic carbocycles. The molecule has 0 bridgehead atoms. The molecule has 0 atom stereocenters. The molecule has 27 heavy (non-hydrogen) atoms. The molecule has 0 unspecified atom stereocenters. The average molecular weight is 358 g/mol. The van der Waals surface area contributed by atoms with Gasteiger partial charge in [-0.15, -0.1) is 0 Å². The molecule has 0 aliphatic heterocycles. The Labute approximate surface area is 153 Å². The number of nitriles is 1. The SMILES string of the molecule is COC(=O)c1c(N)c(C#N)cn1-c1cccc2c(=O)c3ccccc3[nH]c12. The standard InChI is InChI=1S/C20H14N4O3/c1-27-20(26)18-16(22)11(9-21)10-24(18)15-8-4-6-13-17(15)23-14-7-3-2-5-12(14)19(13)25/h2-8,10H,22H2,1H3,(H,23,25). The van der Waals surface area contributed by atoms with E-state index in [2.05, 4.69) is 4.98 Å². The third-order valence-corrected chi connectivity index (χ3v) is 4.52. The monoisotopic (exact) mass is 358 g/mol. The number of nitrogens with two attached hydrogens (primary N) is 1. The summed E-state index contributed by atoms with van der Waals surface area (Å²) in [5.74, 6) is -0.672. The molecule has 0 amide bonds. The van der Waals surface area contributed by atoms with Crippen LogP contribution in [0.3, 0.4) is 0 Å². The van der Waals surface area contributed by atoms with E-state index in [-0.39, 0.29) is 22.4 Å². The highest BCUT2D eigenvalue weighted by Crippen LogP contribution is 2.28. The number of methoxy groups -OCH3 is 1. The number of rotatable bonds is 2. The van der Waals surface area contributed by atoms with Gasteiger partial charge in [-0.25, -0.2) is 4.79 Å². The van der Waals surface area contributed by atoms with Crippen molar-refractivity contribution in [2.45, 2.75) is 0 Å². The quantitative estimate of drug-likeness (QED) is 0.422. The van der Waals surface area contributed by atoms with Gasteiger partial charge in [-0.2, -0.15) is 5.26 Å². The average Bonchev–Trinajstić information content (AvgIpc) is 3.03. The van der Waals surface area contributed by atoms with Crippen molar-refractivity contribution < 1.29 is 9.53 Å². The lowest BCUT2D eigenvalue weighted by molar-refractivity contribution is 0.0593. The summed E-state index contributed by atoms with van der Waals surface area (Å²) >= 11 is 0. The summed E-state index contributed by atoms with van der Waals surface area (Å²) in [4.78, 5) is 28.4. The van der Waals surface area contributed by atoms with Crippen molar-refractivity contribution in [2.24, 2.45) is 0 Å². The number of carbonyl (C=O) groups is 1. The Morgan fingerprint density at radius 2 is 1.93 bits per heavy atom. The lowest BCUT2D eigenvalue weighted by Gasteiger charge is -2.12. The summed E-state index contributed by atoms with van der Waals surface area (Å²) in [5.41, 5.74) is 7.79. The first-order valence-electron chi connectivity index (χ1n) is 8.10. The molecule has 2 aromatic heterocycles. The second kappa shape index (κ2) is 6.04. The highest BCUT2D eigenvalue weighted by Gasteiger charge is 2.23. The van der Waals surface area contributed by atoms with E-state index >= 15 is 0 Å². The zero-order valence-corrected chi connectivity index (χ0v) is 14.3. The number of pyridine rings is 1. The number of benzene rings is 2. The van der Waals surface area contributed by atoms with Crippen molar-refractivity contribution in [3.05, 3.63) is 70.1 Å². The van der Waals surface area contributed by atoms with Gasteiger partial charge < -0.3 is 20.0 Å². The first kappa shape index (κ1) is 16.4. The number of aromatic amines is 1. The number of para-hydroxylation sites is 2. The third-order valence-electron chi connectivity index (χ3n) is 4.52. The van der Waals surface area contributed by atoms with E-state index < -0.39 is 5.97 Å². The Balaban J connectivity index is 2.14. The maximum absolute atomic E-state index is 12.9. The predicted octanol–water partition coefficient (Wildman–Crippen LogP) is 2.71. The van der Waals surface area contributed by atoms with Gasteiger partial charge >= 0.3 is 5.97 Å². The molecule has 0 saturated carbocycles. The number of H-pyrrole nitrogens is 1. The van der Waals surface area contributed by atoms with Gasteiger partial charge in [0.25, 0.3) is 0 Å². The van der Waals surface area contributed by atoms with Crippen molar-refractivity contribution in [1.29, 1.82) is 5.26 Å². The fourth-order valence-corrected chi connectivity index (χ4v) is 3.24. The minimum atomic E-state index is -0.672. The number of hydrogen-bond donors (Lipinski definition) is 2. The van der Waals surface area contributed by atoms with E-state index in [9.17, 15) is 14.9 Å². The topological polar surface area (TPSA) is 114 Å². The second-order valence-corrected chi connectivity index (χ2v) is 5.98. The molecule has 2 heterocycles. The summed E-state index contributed by atoms with van der Waals surface area (Å²) in [7, 11) is 1.24. The number of esters is 1. The van der Waals surface area contributed by atoms with Crippen LogP contribution in [0.2, 0.25) is 0 Å². The molecule has 0 aliphatic carbocycles. The van der Waals surface area contributed by atoms with Gasteiger partial charge in [0.15, 0.2) is 11.1 Å². The van der Waals surface area contributed by atoms with Gasteiger partial charge in [0.1, 0.15) is 6.07 Å². The van der Waals surface area contributed by atoms with Crippen LogP contribution in [0.1, 0.15) is 16.1 Å². The van der Waals surface area contributed by atoms with Gasteiger partial charge in [-0.1, -0.05) is 18.2 Å². The van der Waals surface area contributed by atoms with Crippen molar-refractivity contribution in [3.63, 3.8) is 0 Å². The van der Waals surface area contributed by atoms with Crippen LogP contribution in [0.5, 0.6) is 0 Å². The zero-order chi connectivity index (χ0) is 19.1. The Hall–Kier alpha value is -4.05. The number of ether oxygens (including phenoxy) is 1. The molecule has 7 nitrogen and oxygen atoms in total. The smallest absolute Gasteiger partial charge is 0.357 e. The fraction of sp³-hybridized carbons (Fsp3) is 0.0500. The maximum atomic E-state index is 12.9. The second-order valence-electron chi connectivity index (χ2n) is 5.98. The largest absolute Gasteiger partial charge is 0.464 e. The van der Waals surface area contributed by atoms with Gasteiger partial charge in [0, 0.05) is 22.5 Å². The summed E-state index contributed by atoms with van der Waals surface area (Å²) < 4.78 is 6.30. The zero-order valence-electron chi connectivity index (χ0n) is 14.3. The highest BCUT2D eigenvalue weighted by atomic mass is 16.5. The number of nitrogen functional groups attached to an aromatic ring is 1. The molecule has 0 fully saturated rings. The summed E-state index contributed by atoms with van der Waals surface area (Å²) in [6, 6.07) is 14.3. The van der Waals surface area contributed by atoms with Crippen LogP contribution in [0.15, 0.2) is 53.5 Å². The molecule has 7 heteroatoms. The number of fused-ring (bicyclic) bond motifs is 2. The predicted molar refractivity (Wildman–Crippen MR) is 102 cm³/mol. The van der Waals surface area contributed by atoms with E-state index in [1.165, 1.54) is 17.9 Å². The van der Waals surface area contributed by atoms with E-state index in [0.717, 1.165) is 0 Å². The first-order chi connectivity index (χ1) is 13.1. The van der Waals surface area contributed by atoms with E-state index in [1.54, 1.807) is 36.4 Å². The molecule has 0 saturated heterocycles. The van der Waals surface area contributed by atoms with Crippen LogP contribution in [-0.4, -0.2) is 22.6 Å². The summed E-state index contributed by atoms with van der Waals surface area (Å²) in [6.45, 7) is 0. The number of nitrogens with zero attached hydrogens (tertiary/aromatic N) is 2. The number of carbonyl (C=O) groups excluding carboxylic acids is 1. The minimum absolute atomic E-state index is 0.0319. The van der Waals surface area contributed by atoms with Gasteiger partial charge in [-0.05, 0) is 24.3 Å². The lowest BCUT2D eigenvalue weighted by atomic mass is 10.1. The van der Waals surface area contributed by atoms with E-state index in [1.807, 2.05) is 12.1 Å². The van der Waals surface area contributed by atoms with Crippen LogP contribution in [0.25, 0.3) is 27.5 Å². The summed E-state index contributed by atoms with van der Waals surface area (Å²) in [5, 5.41) is 10.3. The molecular formula is C20H14N4O3. The van der Waals surface area contributed by atoms with Crippen LogP contribution in [0, 0.1) is 11.3 Å². The molecular weight excluding hydrogens is 344 g/mol. The Morgan fingerprint density at radius 3 is 2.67 bits per heavy atom. The lowest BCUT2D eigenvalue weighted by Crippen LogP contribution is -2.12. The highest BCUT2D eigenvalue weighted by molar-refractivity contribution is 5.99. The summed E-state index contributed by atoms with van der Waals surface area (Å²) in [6.07, 6.45) is 1.46. The number of anilines is 1. The Kier molecular flexibility index (Phi) is 3.67. The molecule has 0 aliphatic rings. The van der Waals surface area contributed by atoms with Crippen LogP contribution >= 0.6 is 0 Å². The molecule has 0 radical (unpaired) electrons. The van der Waals surface area contributed by atoms with Gasteiger partial charge in [0.05, 0.1) is 29.6 Å². The molecule has 3 N–H and O–H groups in total. The first-order valence-corrected chi connectivity index (χ1v) is 8.10. The van der Waals surface area contributed by atoms with Crippen molar-refractivity contribution in [1.82, 2.24) is 9.55 Å². The minimum Gasteiger partial charge on any atom is -0.464 e.